The second-order valence-corrected chi connectivity index (χ2v) is 6.79. The summed E-state index contributed by atoms with van der Waals surface area (Å²) in [5, 5.41) is 2.52. The number of hydrogen-bond donors (Lipinski definition) is 1. The van der Waals surface area contributed by atoms with E-state index in [0.717, 1.165) is 10.6 Å². The molecule has 1 aromatic rings. The van der Waals surface area contributed by atoms with Gasteiger partial charge in [-0.3, -0.25) is 4.79 Å². The van der Waals surface area contributed by atoms with Crippen molar-refractivity contribution in [3.63, 3.8) is 0 Å². The van der Waals surface area contributed by atoms with Crippen LogP contribution in [0.2, 0.25) is 0 Å². The number of ether oxygens (including phenoxy) is 1. The SMILES string of the molecule is COCCCN(CC(=O)NCc1ccccc1F)S(C)(=O)=O. The predicted octanol–water partition coefficient (Wildman–Crippen LogP) is 0.740. The highest BCUT2D eigenvalue weighted by Crippen LogP contribution is 2.06. The molecular weight excluding hydrogens is 311 g/mol. The van der Waals surface area contributed by atoms with Crippen molar-refractivity contribution in [2.75, 3.05) is 33.1 Å². The van der Waals surface area contributed by atoms with Gasteiger partial charge in [0.25, 0.3) is 0 Å². The van der Waals surface area contributed by atoms with E-state index < -0.39 is 21.7 Å². The molecule has 0 aromatic heterocycles. The lowest BCUT2D eigenvalue weighted by atomic mass is 10.2. The third-order valence-corrected chi connectivity index (χ3v) is 4.23. The molecule has 0 aliphatic carbocycles. The van der Waals surface area contributed by atoms with Crippen LogP contribution in [0.25, 0.3) is 0 Å². The van der Waals surface area contributed by atoms with E-state index in [1.165, 1.54) is 13.2 Å². The van der Waals surface area contributed by atoms with Gasteiger partial charge in [0, 0.05) is 32.4 Å². The lowest BCUT2D eigenvalue weighted by Gasteiger charge is -2.19. The van der Waals surface area contributed by atoms with E-state index in [-0.39, 0.29) is 19.6 Å². The minimum Gasteiger partial charge on any atom is -0.385 e. The fraction of sp³-hybridized carbons (Fsp3) is 0.500. The molecule has 22 heavy (non-hydrogen) atoms. The number of amides is 1. The Hall–Kier alpha value is -1.51. The van der Waals surface area contributed by atoms with Crippen LogP contribution < -0.4 is 5.32 Å². The first-order valence-corrected chi connectivity index (χ1v) is 8.63. The summed E-state index contributed by atoms with van der Waals surface area (Å²) in [5.74, 6) is -0.894. The number of hydrogen-bond acceptors (Lipinski definition) is 4. The second kappa shape index (κ2) is 8.82. The smallest absolute Gasteiger partial charge is 0.235 e. The largest absolute Gasteiger partial charge is 0.385 e. The van der Waals surface area contributed by atoms with Crippen LogP contribution in [0, 0.1) is 5.82 Å². The standard InChI is InChI=1S/C14H21FN2O4S/c1-21-9-5-8-17(22(2,19)20)11-14(18)16-10-12-6-3-4-7-13(12)15/h3-4,6-7H,5,8-11H2,1-2H3,(H,16,18). The normalized spacial score (nSPS) is 11.6. The van der Waals surface area contributed by atoms with Gasteiger partial charge < -0.3 is 10.1 Å². The van der Waals surface area contributed by atoms with Crippen LogP contribution in [0.1, 0.15) is 12.0 Å². The van der Waals surface area contributed by atoms with Gasteiger partial charge >= 0.3 is 0 Å². The Morgan fingerprint density at radius 1 is 1.36 bits per heavy atom. The average molecular weight is 332 g/mol. The van der Waals surface area contributed by atoms with Crippen molar-refractivity contribution >= 4 is 15.9 Å². The first-order valence-electron chi connectivity index (χ1n) is 6.78. The fourth-order valence-electron chi connectivity index (χ4n) is 1.80. The van der Waals surface area contributed by atoms with Crippen LogP contribution in [0.4, 0.5) is 4.39 Å². The topological polar surface area (TPSA) is 75.7 Å². The number of carbonyl (C=O) groups is 1. The zero-order valence-electron chi connectivity index (χ0n) is 12.7. The number of nitrogens with zero attached hydrogens (tertiary/aromatic N) is 1. The summed E-state index contributed by atoms with van der Waals surface area (Å²) in [4.78, 5) is 11.8. The molecule has 8 heteroatoms. The van der Waals surface area contributed by atoms with Gasteiger partial charge in [0.15, 0.2) is 0 Å². The Bertz CT molecular complexity index is 592. The molecule has 0 saturated carbocycles. The van der Waals surface area contributed by atoms with Gasteiger partial charge in [0.2, 0.25) is 15.9 Å². The van der Waals surface area contributed by atoms with Gasteiger partial charge in [0.05, 0.1) is 12.8 Å². The summed E-state index contributed by atoms with van der Waals surface area (Å²) < 4.78 is 42.6. The van der Waals surface area contributed by atoms with Crippen LogP contribution in [0.15, 0.2) is 24.3 Å². The Labute approximate surface area is 130 Å². The van der Waals surface area contributed by atoms with Gasteiger partial charge in [-0.25, -0.2) is 12.8 Å². The molecule has 1 aromatic carbocycles. The molecule has 0 radical (unpaired) electrons. The minimum absolute atomic E-state index is 0.0151. The van der Waals surface area contributed by atoms with Crippen molar-refractivity contribution in [2.24, 2.45) is 0 Å². The van der Waals surface area contributed by atoms with Crippen molar-refractivity contribution in [2.45, 2.75) is 13.0 Å². The number of methoxy groups -OCH3 is 1. The third kappa shape index (κ3) is 6.50. The Morgan fingerprint density at radius 3 is 2.64 bits per heavy atom. The van der Waals surface area contributed by atoms with Crippen molar-refractivity contribution in [3.05, 3.63) is 35.6 Å². The van der Waals surface area contributed by atoms with E-state index in [4.69, 9.17) is 4.74 Å². The zero-order chi connectivity index (χ0) is 16.6. The highest BCUT2D eigenvalue weighted by atomic mass is 32.2. The van der Waals surface area contributed by atoms with Gasteiger partial charge in [-0.2, -0.15) is 4.31 Å². The highest BCUT2D eigenvalue weighted by Gasteiger charge is 2.19. The molecule has 0 atom stereocenters. The maximum atomic E-state index is 13.4. The molecule has 6 nitrogen and oxygen atoms in total. The molecule has 0 saturated heterocycles. The fourth-order valence-corrected chi connectivity index (χ4v) is 2.61. The molecule has 1 amide bonds. The Kier molecular flexibility index (Phi) is 7.43. The molecule has 0 fully saturated rings. The van der Waals surface area contributed by atoms with E-state index in [1.807, 2.05) is 0 Å². The number of sulfonamides is 1. The third-order valence-electron chi connectivity index (χ3n) is 2.98. The molecule has 0 heterocycles. The van der Waals surface area contributed by atoms with Crippen LogP contribution in [-0.4, -0.2) is 51.7 Å². The maximum Gasteiger partial charge on any atom is 0.235 e. The summed E-state index contributed by atoms with van der Waals surface area (Å²) in [6.07, 6.45) is 1.54. The molecular formula is C14H21FN2O4S. The maximum absolute atomic E-state index is 13.4. The quantitative estimate of drug-likeness (QED) is 0.677. The summed E-state index contributed by atoms with van der Waals surface area (Å²) in [6.45, 7) is 0.320. The molecule has 0 bridgehead atoms. The molecule has 0 aliphatic rings. The van der Waals surface area contributed by atoms with E-state index in [2.05, 4.69) is 5.32 Å². The van der Waals surface area contributed by atoms with Crippen LogP contribution in [0.5, 0.6) is 0 Å². The molecule has 1 N–H and O–H groups in total. The van der Waals surface area contributed by atoms with Crippen molar-refractivity contribution in [1.82, 2.24) is 9.62 Å². The molecule has 0 unspecified atom stereocenters. The van der Waals surface area contributed by atoms with Crippen molar-refractivity contribution in [3.8, 4) is 0 Å². The van der Waals surface area contributed by atoms with Crippen molar-refractivity contribution in [1.29, 1.82) is 0 Å². The molecule has 0 spiro atoms. The van der Waals surface area contributed by atoms with E-state index in [1.54, 1.807) is 18.2 Å². The Morgan fingerprint density at radius 2 is 2.05 bits per heavy atom. The van der Waals surface area contributed by atoms with Gasteiger partial charge in [0.1, 0.15) is 5.82 Å². The second-order valence-electron chi connectivity index (χ2n) is 4.81. The number of rotatable bonds is 9. The molecule has 1 rings (SSSR count). The first kappa shape index (κ1) is 18.5. The average Bonchev–Trinajstić information content (AvgIpc) is 2.44. The molecule has 124 valence electrons. The van der Waals surface area contributed by atoms with Gasteiger partial charge in [-0.05, 0) is 12.5 Å². The van der Waals surface area contributed by atoms with E-state index in [9.17, 15) is 17.6 Å². The monoisotopic (exact) mass is 332 g/mol. The van der Waals surface area contributed by atoms with Gasteiger partial charge in [-0.1, -0.05) is 18.2 Å². The lowest BCUT2D eigenvalue weighted by Crippen LogP contribution is -2.40. The number of nitrogens with one attached hydrogen (secondary N) is 1. The zero-order valence-corrected chi connectivity index (χ0v) is 13.5. The summed E-state index contributed by atoms with van der Waals surface area (Å²) in [7, 11) is -1.97. The van der Waals surface area contributed by atoms with E-state index >= 15 is 0 Å². The first-order chi connectivity index (χ1) is 10.3. The number of carbonyl (C=O) groups excluding carboxylic acids is 1. The molecule has 0 aliphatic heterocycles. The van der Waals surface area contributed by atoms with E-state index in [0.29, 0.717) is 18.6 Å². The highest BCUT2D eigenvalue weighted by molar-refractivity contribution is 7.88. The lowest BCUT2D eigenvalue weighted by molar-refractivity contribution is -0.121. The van der Waals surface area contributed by atoms with Crippen molar-refractivity contribution < 1.29 is 22.3 Å². The van der Waals surface area contributed by atoms with Gasteiger partial charge in [-0.15, -0.1) is 0 Å². The predicted molar refractivity (Wildman–Crippen MR) is 81.2 cm³/mol. The summed E-state index contributed by atoms with van der Waals surface area (Å²) in [6, 6.07) is 6.08. The minimum atomic E-state index is -3.49. The van der Waals surface area contributed by atoms with Crippen LogP contribution in [-0.2, 0) is 26.1 Å². The summed E-state index contributed by atoms with van der Waals surface area (Å²) >= 11 is 0. The number of halogens is 1. The number of benzene rings is 1. The van der Waals surface area contributed by atoms with Crippen LogP contribution in [0.3, 0.4) is 0 Å². The Balaban J connectivity index is 2.54. The summed E-state index contributed by atoms with van der Waals surface area (Å²) in [5.41, 5.74) is 0.348. The van der Waals surface area contributed by atoms with Crippen LogP contribution >= 0.6 is 0 Å².